The number of rotatable bonds is 4. The SMILES string of the molecule is CC[S+]([O-])c1cccnc1-c1nc2cc(SC(F)(F)F)cnc2o1. The standard InChI is InChI=1S/C14H10F3N3O2S2/c1-2-24(21)10-4-3-5-18-11(10)13-20-9-6-8(23-14(15,16)17)7-19-12(9)22-13/h3-7H,2H2,1H3. The van der Waals surface area contributed by atoms with Crippen LogP contribution in [0.2, 0.25) is 0 Å². The Morgan fingerprint density at radius 1 is 1.33 bits per heavy atom. The summed E-state index contributed by atoms with van der Waals surface area (Å²) < 4.78 is 54.9. The lowest BCUT2D eigenvalue weighted by Crippen LogP contribution is -2.06. The van der Waals surface area contributed by atoms with Crippen molar-refractivity contribution in [2.24, 2.45) is 0 Å². The Bertz CT molecular complexity index is 870. The number of pyridine rings is 2. The lowest BCUT2D eigenvalue weighted by Gasteiger charge is -2.09. The third-order valence-corrected chi connectivity index (χ3v) is 4.97. The Kier molecular flexibility index (Phi) is 4.70. The van der Waals surface area contributed by atoms with Crippen molar-refractivity contribution in [3.8, 4) is 11.6 Å². The van der Waals surface area contributed by atoms with Crippen LogP contribution in [0.15, 0.2) is 44.8 Å². The molecule has 3 aromatic heterocycles. The molecule has 0 aliphatic heterocycles. The number of alkyl halides is 3. The Balaban J connectivity index is 2.03. The molecule has 1 atom stereocenters. The first-order valence-electron chi connectivity index (χ1n) is 6.73. The average molecular weight is 373 g/mol. The smallest absolute Gasteiger partial charge is 0.446 e. The molecule has 3 heterocycles. The molecule has 10 heteroatoms. The molecule has 0 fully saturated rings. The van der Waals surface area contributed by atoms with Gasteiger partial charge in [0.05, 0.1) is 0 Å². The van der Waals surface area contributed by atoms with Crippen LogP contribution in [-0.4, -0.2) is 30.8 Å². The van der Waals surface area contributed by atoms with Crippen LogP contribution in [0.3, 0.4) is 0 Å². The van der Waals surface area contributed by atoms with E-state index in [0.29, 0.717) is 16.3 Å². The van der Waals surface area contributed by atoms with Crippen molar-refractivity contribution in [1.29, 1.82) is 0 Å². The normalized spacial score (nSPS) is 13.4. The largest absolute Gasteiger partial charge is 0.611 e. The van der Waals surface area contributed by atoms with E-state index in [0.717, 1.165) is 6.20 Å². The van der Waals surface area contributed by atoms with Crippen molar-refractivity contribution in [2.45, 2.75) is 22.2 Å². The highest BCUT2D eigenvalue weighted by Gasteiger charge is 2.30. The molecule has 0 aliphatic carbocycles. The van der Waals surface area contributed by atoms with Gasteiger partial charge in [0.15, 0.2) is 10.6 Å². The van der Waals surface area contributed by atoms with Gasteiger partial charge >= 0.3 is 5.51 Å². The highest BCUT2D eigenvalue weighted by atomic mass is 32.2. The van der Waals surface area contributed by atoms with Gasteiger partial charge in [-0.15, -0.1) is 0 Å². The molecular weight excluding hydrogens is 363 g/mol. The van der Waals surface area contributed by atoms with E-state index < -0.39 is 16.7 Å². The number of halogens is 3. The van der Waals surface area contributed by atoms with Gasteiger partial charge in [0.1, 0.15) is 11.3 Å². The lowest BCUT2D eigenvalue weighted by molar-refractivity contribution is -0.0328. The minimum absolute atomic E-state index is 0.0732. The Labute approximate surface area is 141 Å². The maximum atomic E-state index is 12.4. The van der Waals surface area contributed by atoms with E-state index in [2.05, 4.69) is 15.0 Å². The number of hydrogen-bond donors (Lipinski definition) is 0. The monoisotopic (exact) mass is 373 g/mol. The summed E-state index contributed by atoms with van der Waals surface area (Å²) in [6, 6.07) is 4.54. The third-order valence-electron chi connectivity index (χ3n) is 2.94. The zero-order valence-corrected chi connectivity index (χ0v) is 13.8. The van der Waals surface area contributed by atoms with E-state index in [1.54, 1.807) is 19.1 Å². The van der Waals surface area contributed by atoms with Gasteiger partial charge in [-0.05, 0) is 48.1 Å². The van der Waals surface area contributed by atoms with Crippen LogP contribution in [0, 0.1) is 0 Å². The minimum Gasteiger partial charge on any atom is -0.611 e. The van der Waals surface area contributed by atoms with Crippen LogP contribution in [0.1, 0.15) is 6.92 Å². The van der Waals surface area contributed by atoms with Gasteiger partial charge in [0.25, 0.3) is 5.89 Å². The maximum absolute atomic E-state index is 12.4. The van der Waals surface area contributed by atoms with E-state index in [1.165, 1.54) is 12.3 Å². The van der Waals surface area contributed by atoms with Crippen molar-refractivity contribution in [2.75, 3.05) is 5.75 Å². The summed E-state index contributed by atoms with van der Waals surface area (Å²) in [6.45, 7) is 1.77. The summed E-state index contributed by atoms with van der Waals surface area (Å²) in [5, 5.41) is 0. The van der Waals surface area contributed by atoms with E-state index in [4.69, 9.17) is 4.42 Å². The fourth-order valence-corrected chi connectivity index (χ4v) is 3.43. The summed E-state index contributed by atoms with van der Waals surface area (Å²) in [7, 11) is 0. The van der Waals surface area contributed by atoms with Crippen LogP contribution in [0.25, 0.3) is 22.8 Å². The number of oxazole rings is 1. The number of nitrogens with zero attached hydrogens (tertiary/aromatic N) is 3. The fourth-order valence-electron chi connectivity index (χ4n) is 1.99. The molecule has 0 N–H and O–H groups in total. The van der Waals surface area contributed by atoms with Gasteiger partial charge < -0.3 is 8.97 Å². The number of fused-ring (bicyclic) bond motifs is 1. The van der Waals surface area contributed by atoms with E-state index >= 15 is 0 Å². The Hall–Kier alpha value is -1.78. The van der Waals surface area contributed by atoms with Gasteiger partial charge in [-0.1, -0.05) is 0 Å². The molecule has 3 aromatic rings. The van der Waals surface area contributed by atoms with Crippen molar-refractivity contribution in [3.05, 3.63) is 30.6 Å². The molecule has 0 saturated carbocycles. The topological polar surface area (TPSA) is 74.9 Å². The van der Waals surface area contributed by atoms with Crippen LogP contribution in [-0.2, 0) is 11.2 Å². The minimum atomic E-state index is -4.41. The first kappa shape index (κ1) is 17.1. The van der Waals surface area contributed by atoms with Gasteiger partial charge in [-0.3, -0.25) is 0 Å². The molecule has 0 spiro atoms. The molecule has 0 bridgehead atoms. The summed E-state index contributed by atoms with van der Waals surface area (Å²) >= 11 is -1.55. The van der Waals surface area contributed by atoms with Crippen molar-refractivity contribution < 1.29 is 22.1 Å². The molecule has 0 saturated heterocycles. The number of thioether (sulfide) groups is 1. The molecule has 5 nitrogen and oxygen atoms in total. The zero-order chi connectivity index (χ0) is 17.3. The van der Waals surface area contributed by atoms with Gasteiger partial charge in [-0.25, -0.2) is 15.0 Å². The van der Waals surface area contributed by atoms with Crippen molar-refractivity contribution in [3.63, 3.8) is 0 Å². The van der Waals surface area contributed by atoms with Crippen LogP contribution in [0.4, 0.5) is 13.2 Å². The first-order chi connectivity index (χ1) is 11.4. The van der Waals surface area contributed by atoms with Crippen molar-refractivity contribution in [1.82, 2.24) is 15.0 Å². The Morgan fingerprint density at radius 2 is 2.12 bits per heavy atom. The summed E-state index contributed by atoms with van der Waals surface area (Å²) in [5.41, 5.74) is -3.84. The zero-order valence-electron chi connectivity index (χ0n) is 12.2. The molecule has 0 amide bonds. The maximum Gasteiger partial charge on any atom is 0.446 e. The molecular formula is C14H10F3N3O2S2. The van der Waals surface area contributed by atoms with Crippen LogP contribution in [0.5, 0.6) is 0 Å². The quantitative estimate of drug-likeness (QED) is 0.508. The second kappa shape index (κ2) is 6.61. The van der Waals surface area contributed by atoms with E-state index in [9.17, 15) is 17.7 Å². The first-order valence-corrected chi connectivity index (χ1v) is 8.87. The van der Waals surface area contributed by atoms with Crippen LogP contribution < -0.4 is 0 Å². The number of aromatic nitrogens is 3. The van der Waals surface area contributed by atoms with Crippen molar-refractivity contribution >= 4 is 34.2 Å². The second-order valence-corrected chi connectivity index (χ2v) is 7.39. The summed E-state index contributed by atoms with van der Waals surface area (Å²) in [4.78, 5) is 12.5. The lowest BCUT2D eigenvalue weighted by atomic mass is 10.3. The third kappa shape index (κ3) is 3.65. The molecule has 0 radical (unpaired) electrons. The summed E-state index contributed by atoms with van der Waals surface area (Å²) in [5.74, 6) is 0.466. The molecule has 1 unspecified atom stereocenters. The molecule has 126 valence electrons. The Morgan fingerprint density at radius 3 is 2.83 bits per heavy atom. The van der Waals surface area contributed by atoms with Crippen LogP contribution >= 0.6 is 11.8 Å². The van der Waals surface area contributed by atoms with Gasteiger partial charge in [-0.2, -0.15) is 13.2 Å². The molecule has 24 heavy (non-hydrogen) atoms. The molecule has 0 aromatic carbocycles. The van der Waals surface area contributed by atoms with Gasteiger partial charge in [0.2, 0.25) is 5.71 Å². The van der Waals surface area contributed by atoms with E-state index in [1.807, 2.05) is 0 Å². The second-order valence-electron chi connectivity index (χ2n) is 4.55. The highest BCUT2D eigenvalue weighted by Crippen LogP contribution is 2.37. The summed E-state index contributed by atoms with van der Waals surface area (Å²) in [6.07, 6.45) is 2.57. The van der Waals surface area contributed by atoms with E-state index in [-0.39, 0.29) is 33.8 Å². The predicted molar refractivity (Wildman–Crippen MR) is 83.9 cm³/mol. The average Bonchev–Trinajstić information content (AvgIpc) is 2.95. The molecule has 3 rings (SSSR count). The molecule has 0 aliphatic rings. The number of hydrogen-bond acceptors (Lipinski definition) is 6. The van der Waals surface area contributed by atoms with Gasteiger partial charge in [0, 0.05) is 17.3 Å². The fraction of sp³-hybridized carbons (Fsp3) is 0.214. The predicted octanol–water partition coefficient (Wildman–Crippen LogP) is 4.02. The highest BCUT2D eigenvalue weighted by molar-refractivity contribution is 8.00.